The van der Waals surface area contributed by atoms with Crippen LogP contribution >= 0.6 is 0 Å². The Labute approximate surface area is 161 Å². The number of nitrogens with one attached hydrogen (secondary N) is 1. The van der Waals surface area contributed by atoms with Crippen LogP contribution in [0, 0.1) is 0 Å². The lowest BCUT2D eigenvalue weighted by Gasteiger charge is -2.25. The molecular weight excluding hydrogens is 346 g/mol. The molecule has 1 aromatic rings. The number of hydrogen-bond donors (Lipinski definition) is 2. The second kappa shape index (κ2) is 9.55. The Morgan fingerprint density at radius 3 is 2.11 bits per heavy atom. The Morgan fingerprint density at radius 1 is 1.04 bits per heavy atom. The van der Waals surface area contributed by atoms with Crippen molar-refractivity contribution in [2.45, 2.75) is 71.3 Å². The lowest BCUT2D eigenvalue weighted by molar-refractivity contribution is -0.148. The third-order valence-electron chi connectivity index (χ3n) is 3.25. The van der Waals surface area contributed by atoms with Crippen molar-refractivity contribution < 1.29 is 24.2 Å². The maximum Gasteiger partial charge on any atom is 0.407 e. The summed E-state index contributed by atoms with van der Waals surface area (Å²) in [5, 5.41) is 13.2. The van der Waals surface area contributed by atoms with E-state index in [1.807, 2.05) is 30.3 Å². The SMILES string of the molecule is CC(C)(C)OC(=O)/C=C/[C@@H](O)[C@@H](Cc1ccccc1)NC(=O)OC(C)(C)C. The van der Waals surface area contributed by atoms with E-state index in [1.54, 1.807) is 41.5 Å². The molecule has 0 heterocycles. The van der Waals surface area contributed by atoms with Gasteiger partial charge in [0.05, 0.1) is 12.1 Å². The van der Waals surface area contributed by atoms with E-state index in [9.17, 15) is 14.7 Å². The lowest BCUT2D eigenvalue weighted by atomic mass is 10.0. The van der Waals surface area contributed by atoms with Crippen molar-refractivity contribution in [3.63, 3.8) is 0 Å². The zero-order valence-corrected chi connectivity index (χ0v) is 17.0. The van der Waals surface area contributed by atoms with E-state index in [4.69, 9.17) is 9.47 Å². The van der Waals surface area contributed by atoms with Crippen molar-refractivity contribution in [1.29, 1.82) is 0 Å². The number of benzene rings is 1. The minimum absolute atomic E-state index is 0.375. The van der Waals surface area contributed by atoms with Crippen molar-refractivity contribution in [3.05, 3.63) is 48.0 Å². The number of amides is 1. The summed E-state index contributed by atoms with van der Waals surface area (Å²) in [5.41, 5.74) is -0.341. The maximum absolute atomic E-state index is 12.1. The summed E-state index contributed by atoms with van der Waals surface area (Å²) in [6.45, 7) is 10.6. The van der Waals surface area contributed by atoms with Gasteiger partial charge in [0.2, 0.25) is 0 Å². The fraction of sp³-hybridized carbons (Fsp3) is 0.524. The molecule has 0 unspecified atom stereocenters. The molecule has 0 fully saturated rings. The largest absolute Gasteiger partial charge is 0.457 e. The highest BCUT2D eigenvalue weighted by Crippen LogP contribution is 2.12. The van der Waals surface area contributed by atoms with Gasteiger partial charge in [0, 0.05) is 6.08 Å². The highest BCUT2D eigenvalue weighted by Gasteiger charge is 2.24. The van der Waals surface area contributed by atoms with Crippen LogP contribution in [-0.2, 0) is 20.7 Å². The zero-order chi connectivity index (χ0) is 20.7. The normalized spacial score (nSPS) is 14.5. The summed E-state index contributed by atoms with van der Waals surface area (Å²) in [5.74, 6) is -0.558. The third-order valence-corrected chi connectivity index (χ3v) is 3.25. The van der Waals surface area contributed by atoms with Gasteiger partial charge in [0.25, 0.3) is 0 Å². The average molecular weight is 377 g/mol. The van der Waals surface area contributed by atoms with E-state index >= 15 is 0 Å². The smallest absolute Gasteiger partial charge is 0.407 e. The number of aliphatic hydroxyl groups excluding tert-OH is 1. The van der Waals surface area contributed by atoms with Crippen LogP contribution in [0.3, 0.4) is 0 Å². The molecular formula is C21H31NO5. The summed E-state index contributed by atoms with van der Waals surface area (Å²) in [7, 11) is 0. The number of rotatable bonds is 6. The molecule has 0 radical (unpaired) electrons. The van der Waals surface area contributed by atoms with E-state index in [0.717, 1.165) is 5.56 Å². The van der Waals surface area contributed by atoms with Gasteiger partial charge in [-0.3, -0.25) is 0 Å². The number of carbonyl (C=O) groups excluding carboxylic acids is 2. The molecule has 0 saturated carbocycles. The zero-order valence-electron chi connectivity index (χ0n) is 17.0. The first-order chi connectivity index (χ1) is 12.4. The predicted molar refractivity (Wildman–Crippen MR) is 104 cm³/mol. The van der Waals surface area contributed by atoms with Crippen LogP contribution in [0.4, 0.5) is 4.79 Å². The number of ether oxygens (including phenoxy) is 2. The highest BCUT2D eigenvalue weighted by molar-refractivity contribution is 5.82. The summed E-state index contributed by atoms with van der Waals surface area (Å²) in [4.78, 5) is 24.0. The minimum Gasteiger partial charge on any atom is -0.457 e. The number of aliphatic hydroxyl groups is 1. The molecule has 2 N–H and O–H groups in total. The first kappa shape index (κ1) is 22.7. The molecule has 1 aromatic carbocycles. The molecule has 0 bridgehead atoms. The average Bonchev–Trinajstić information content (AvgIpc) is 2.49. The summed E-state index contributed by atoms with van der Waals surface area (Å²) >= 11 is 0. The van der Waals surface area contributed by atoms with Gasteiger partial charge in [-0.05, 0) is 59.6 Å². The van der Waals surface area contributed by atoms with Gasteiger partial charge in [0.15, 0.2) is 0 Å². The first-order valence-corrected chi connectivity index (χ1v) is 8.98. The van der Waals surface area contributed by atoms with Gasteiger partial charge < -0.3 is 19.9 Å². The molecule has 6 nitrogen and oxygen atoms in total. The van der Waals surface area contributed by atoms with Gasteiger partial charge in [-0.15, -0.1) is 0 Å². The molecule has 0 spiro atoms. The third kappa shape index (κ3) is 10.4. The molecule has 0 aromatic heterocycles. The van der Waals surface area contributed by atoms with E-state index in [0.29, 0.717) is 6.42 Å². The van der Waals surface area contributed by atoms with Crippen molar-refractivity contribution in [3.8, 4) is 0 Å². The number of alkyl carbamates (subject to hydrolysis) is 1. The molecule has 27 heavy (non-hydrogen) atoms. The number of hydrogen-bond acceptors (Lipinski definition) is 5. The standard InChI is InChI=1S/C21H31NO5/c1-20(2,3)26-18(24)13-12-17(23)16(14-15-10-8-7-9-11-15)22-19(25)27-21(4,5)6/h7-13,16-17,23H,14H2,1-6H3,(H,22,25)/b13-12+/t16-,17-/m1/s1. The molecule has 0 saturated heterocycles. The molecule has 1 rings (SSSR count). The summed E-state index contributed by atoms with van der Waals surface area (Å²) in [6.07, 6.45) is 1.14. The molecule has 6 heteroatoms. The lowest BCUT2D eigenvalue weighted by Crippen LogP contribution is -2.46. The molecule has 0 aliphatic rings. The first-order valence-electron chi connectivity index (χ1n) is 8.98. The van der Waals surface area contributed by atoms with Crippen LogP contribution in [0.1, 0.15) is 47.1 Å². The monoisotopic (exact) mass is 377 g/mol. The van der Waals surface area contributed by atoms with Crippen LogP contribution < -0.4 is 5.32 Å². The van der Waals surface area contributed by atoms with Crippen LogP contribution in [0.25, 0.3) is 0 Å². The molecule has 0 aliphatic carbocycles. The quantitative estimate of drug-likeness (QED) is 0.586. The fourth-order valence-corrected chi connectivity index (χ4v) is 2.23. The second-order valence-corrected chi connectivity index (χ2v) is 8.33. The Morgan fingerprint density at radius 2 is 1.59 bits per heavy atom. The van der Waals surface area contributed by atoms with E-state index < -0.39 is 35.4 Å². The van der Waals surface area contributed by atoms with Crippen LogP contribution in [0.5, 0.6) is 0 Å². The van der Waals surface area contributed by atoms with E-state index in [2.05, 4.69) is 5.32 Å². The fourth-order valence-electron chi connectivity index (χ4n) is 2.23. The van der Waals surface area contributed by atoms with E-state index in [1.165, 1.54) is 12.2 Å². The molecule has 150 valence electrons. The Hall–Kier alpha value is -2.34. The van der Waals surface area contributed by atoms with Gasteiger partial charge >= 0.3 is 12.1 Å². The number of carbonyl (C=O) groups is 2. The van der Waals surface area contributed by atoms with Crippen LogP contribution in [0.15, 0.2) is 42.5 Å². The topological polar surface area (TPSA) is 84.9 Å². The van der Waals surface area contributed by atoms with Gasteiger partial charge in [-0.1, -0.05) is 30.3 Å². The Kier molecular flexibility index (Phi) is 8.03. The summed E-state index contributed by atoms with van der Waals surface area (Å²) < 4.78 is 10.5. The van der Waals surface area contributed by atoms with Crippen molar-refractivity contribution in [2.24, 2.45) is 0 Å². The van der Waals surface area contributed by atoms with Gasteiger partial charge in [-0.25, -0.2) is 9.59 Å². The molecule has 1 amide bonds. The summed E-state index contributed by atoms with van der Waals surface area (Å²) in [6, 6.07) is 8.77. The highest BCUT2D eigenvalue weighted by atomic mass is 16.6. The number of esters is 1. The van der Waals surface area contributed by atoms with Gasteiger partial charge in [-0.2, -0.15) is 0 Å². The molecule has 0 aliphatic heterocycles. The Balaban J connectivity index is 2.85. The van der Waals surface area contributed by atoms with Crippen molar-refractivity contribution in [2.75, 3.05) is 0 Å². The van der Waals surface area contributed by atoms with Gasteiger partial charge in [0.1, 0.15) is 11.2 Å². The van der Waals surface area contributed by atoms with Crippen LogP contribution in [0.2, 0.25) is 0 Å². The maximum atomic E-state index is 12.1. The van der Waals surface area contributed by atoms with E-state index in [-0.39, 0.29) is 0 Å². The second-order valence-electron chi connectivity index (χ2n) is 8.33. The Bertz CT molecular complexity index is 641. The van der Waals surface area contributed by atoms with Crippen molar-refractivity contribution >= 4 is 12.1 Å². The van der Waals surface area contributed by atoms with Crippen LogP contribution in [-0.4, -0.2) is 40.5 Å². The predicted octanol–water partition coefficient (Wildman–Crippen LogP) is 3.38. The van der Waals surface area contributed by atoms with Crippen molar-refractivity contribution in [1.82, 2.24) is 5.32 Å². The molecule has 2 atom stereocenters. The minimum atomic E-state index is -1.09.